The SMILES string of the molecule is CC(=O)C(=C1CCCCCN1)S(=O)(=O)c1ccccc1Cl. The Kier molecular flexibility index (Phi) is 5.06. The highest BCUT2D eigenvalue weighted by Gasteiger charge is 2.30. The molecular formula is C15H18ClNO3S. The van der Waals surface area contributed by atoms with Gasteiger partial charge in [-0.2, -0.15) is 0 Å². The Morgan fingerprint density at radius 1 is 1.19 bits per heavy atom. The number of sulfone groups is 1. The molecule has 0 aliphatic carbocycles. The summed E-state index contributed by atoms with van der Waals surface area (Å²) in [5.41, 5.74) is 0.514. The van der Waals surface area contributed by atoms with Crippen molar-refractivity contribution in [1.82, 2.24) is 5.32 Å². The normalized spacial score (nSPS) is 18.6. The minimum absolute atomic E-state index is 0.0181. The fourth-order valence-corrected chi connectivity index (χ4v) is 4.58. The second kappa shape index (κ2) is 6.62. The largest absolute Gasteiger partial charge is 0.387 e. The first kappa shape index (κ1) is 16.0. The van der Waals surface area contributed by atoms with Crippen molar-refractivity contribution in [3.05, 3.63) is 39.9 Å². The number of halogens is 1. The van der Waals surface area contributed by atoms with E-state index < -0.39 is 15.6 Å². The molecule has 1 aromatic rings. The molecule has 4 nitrogen and oxygen atoms in total. The van der Waals surface area contributed by atoms with Crippen LogP contribution in [0.15, 0.2) is 39.8 Å². The number of Topliss-reactive ketones (excluding diaryl/α,β-unsaturated/α-hetero) is 1. The predicted octanol–water partition coefficient (Wildman–Crippen LogP) is 3.08. The van der Waals surface area contributed by atoms with Gasteiger partial charge in [0.15, 0.2) is 5.78 Å². The number of rotatable bonds is 3. The smallest absolute Gasteiger partial charge is 0.213 e. The van der Waals surface area contributed by atoms with Gasteiger partial charge in [-0.1, -0.05) is 30.2 Å². The van der Waals surface area contributed by atoms with Crippen molar-refractivity contribution in [3.8, 4) is 0 Å². The zero-order valence-electron chi connectivity index (χ0n) is 11.9. The zero-order chi connectivity index (χ0) is 15.5. The summed E-state index contributed by atoms with van der Waals surface area (Å²) in [5.74, 6) is -0.459. The average molecular weight is 328 g/mol. The number of allylic oxidation sites excluding steroid dienone is 2. The van der Waals surface area contributed by atoms with Crippen molar-refractivity contribution in [3.63, 3.8) is 0 Å². The molecule has 1 heterocycles. The van der Waals surface area contributed by atoms with Crippen molar-refractivity contribution < 1.29 is 13.2 Å². The highest BCUT2D eigenvalue weighted by atomic mass is 35.5. The fourth-order valence-electron chi connectivity index (χ4n) is 2.46. The Bertz CT molecular complexity index is 670. The van der Waals surface area contributed by atoms with Crippen LogP contribution in [0.5, 0.6) is 0 Å². The molecule has 1 aliphatic rings. The number of benzene rings is 1. The third-order valence-electron chi connectivity index (χ3n) is 3.43. The summed E-state index contributed by atoms with van der Waals surface area (Å²) in [6, 6.07) is 6.20. The van der Waals surface area contributed by atoms with E-state index >= 15 is 0 Å². The van der Waals surface area contributed by atoms with Gasteiger partial charge >= 0.3 is 0 Å². The summed E-state index contributed by atoms with van der Waals surface area (Å²) in [6.45, 7) is 1.97. The van der Waals surface area contributed by atoms with E-state index in [1.165, 1.54) is 19.1 Å². The first-order valence-electron chi connectivity index (χ1n) is 6.92. The fraction of sp³-hybridized carbons (Fsp3) is 0.400. The van der Waals surface area contributed by atoms with Gasteiger partial charge in [-0.05, 0) is 38.3 Å². The maximum absolute atomic E-state index is 12.8. The third-order valence-corrected chi connectivity index (χ3v) is 5.88. The second-order valence-electron chi connectivity index (χ2n) is 5.04. The van der Waals surface area contributed by atoms with Crippen LogP contribution in [0.1, 0.15) is 32.6 Å². The first-order valence-corrected chi connectivity index (χ1v) is 8.78. The van der Waals surface area contributed by atoms with E-state index in [9.17, 15) is 13.2 Å². The predicted molar refractivity (Wildman–Crippen MR) is 82.8 cm³/mol. The molecule has 114 valence electrons. The Balaban J connectivity index is 2.59. The standard InChI is InChI=1S/C15H18ClNO3S/c1-11(18)15(13-8-3-2-6-10-17-13)21(19,20)14-9-5-4-7-12(14)16/h4-5,7,9,17H,2-3,6,8,10H2,1H3. The van der Waals surface area contributed by atoms with Crippen molar-refractivity contribution in [2.75, 3.05) is 6.54 Å². The average Bonchev–Trinajstić information content (AvgIpc) is 2.67. The van der Waals surface area contributed by atoms with E-state index in [4.69, 9.17) is 11.6 Å². The number of hydrogen-bond donors (Lipinski definition) is 1. The van der Waals surface area contributed by atoms with E-state index in [0.29, 0.717) is 18.7 Å². The lowest BCUT2D eigenvalue weighted by atomic mass is 10.2. The van der Waals surface area contributed by atoms with Gasteiger partial charge in [0.25, 0.3) is 0 Å². The molecule has 6 heteroatoms. The summed E-state index contributed by atoms with van der Waals surface area (Å²) >= 11 is 6.00. The lowest BCUT2D eigenvalue weighted by Crippen LogP contribution is -2.22. The highest BCUT2D eigenvalue weighted by Crippen LogP contribution is 2.30. The highest BCUT2D eigenvalue weighted by molar-refractivity contribution is 7.96. The van der Waals surface area contributed by atoms with Crippen LogP contribution in [0.2, 0.25) is 5.02 Å². The molecule has 0 unspecified atom stereocenters. The molecule has 1 aliphatic heterocycles. The lowest BCUT2D eigenvalue weighted by molar-refractivity contribution is -0.113. The molecule has 1 saturated heterocycles. The molecule has 1 N–H and O–H groups in total. The van der Waals surface area contributed by atoms with Gasteiger partial charge in [0, 0.05) is 12.2 Å². The molecule has 0 aromatic heterocycles. The molecule has 0 bridgehead atoms. The molecular weight excluding hydrogens is 310 g/mol. The minimum atomic E-state index is -3.91. The third kappa shape index (κ3) is 3.47. The molecule has 1 fully saturated rings. The van der Waals surface area contributed by atoms with Crippen LogP contribution in [0.4, 0.5) is 0 Å². The van der Waals surface area contributed by atoms with Crippen LogP contribution in [-0.4, -0.2) is 20.7 Å². The molecule has 0 radical (unpaired) electrons. The summed E-state index contributed by atoms with van der Waals surface area (Å²) in [5, 5.41) is 3.22. The second-order valence-corrected chi connectivity index (χ2v) is 7.30. The lowest BCUT2D eigenvalue weighted by Gasteiger charge is -2.14. The Hall–Kier alpha value is -1.33. The topological polar surface area (TPSA) is 63.2 Å². The minimum Gasteiger partial charge on any atom is -0.387 e. The Morgan fingerprint density at radius 3 is 2.57 bits per heavy atom. The number of nitrogens with one attached hydrogen (secondary N) is 1. The van der Waals surface area contributed by atoms with Crippen LogP contribution in [0, 0.1) is 0 Å². The van der Waals surface area contributed by atoms with E-state index in [1.54, 1.807) is 12.1 Å². The van der Waals surface area contributed by atoms with Crippen molar-refractivity contribution in [2.24, 2.45) is 0 Å². The maximum Gasteiger partial charge on any atom is 0.213 e. The van der Waals surface area contributed by atoms with Gasteiger partial charge in [-0.25, -0.2) is 8.42 Å². The van der Waals surface area contributed by atoms with Crippen molar-refractivity contribution >= 4 is 27.2 Å². The van der Waals surface area contributed by atoms with Gasteiger partial charge in [0.2, 0.25) is 9.84 Å². The molecule has 0 atom stereocenters. The van der Waals surface area contributed by atoms with E-state index in [1.807, 2.05) is 0 Å². The Labute approximate surface area is 130 Å². The number of ketones is 1. The summed E-state index contributed by atoms with van der Waals surface area (Å²) < 4.78 is 25.6. The van der Waals surface area contributed by atoms with Crippen LogP contribution in [-0.2, 0) is 14.6 Å². The van der Waals surface area contributed by atoms with Crippen LogP contribution >= 0.6 is 11.6 Å². The van der Waals surface area contributed by atoms with Crippen LogP contribution in [0.3, 0.4) is 0 Å². The van der Waals surface area contributed by atoms with Gasteiger partial charge < -0.3 is 5.32 Å². The quantitative estimate of drug-likeness (QED) is 0.867. The number of carbonyl (C=O) groups excluding carboxylic acids is 1. The van der Waals surface area contributed by atoms with Gasteiger partial charge in [-0.15, -0.1) is 0 Å². The monoisotopic (exact) mass is 327 g/mol. The molecule has 21 heavy (non-hydrogen) atoms. The summed E-state index contributed by atoms with van der Waals surface area (Å²) in [6.07, 6.45) is 3.43. The van der Waals surface area contributed by atoms with E-state index in [2.05, 4.69) is 5.32 Å². The van der Waals surface area contributed by atoms with Gasteiger partial charge in [-0.3, -0.25) is 4.79 Å². The van der Waals surface area contributed by atoms with Crippen LogP contribution < -0.4 is 5.32 Å². The van der Waals surface area contributed by atoms with Gasteiger partial charge in [0.05, 0.1) is 9.92 Å². The first-order chi connectivity index (χ1) is 9.94. The van der Waals surface area contributed by atoms with Gasteiger partial charge in [0.1, 0.15) is 4.91 Å². The summed E-state index contributed by atoms with van der Waals surface area (Å²) in [4.78, 5) is 11.8. The molecule has 0 spiro atoms. The number of carbonyl (C=O) groups is 1. The Morgan fingerprint density at radius 2 is 1.90 bits per heavy atom. The van der Waals surface area contributed by atoms with E-state index in [-0.39, 0.29) is 14.8 Å². The molecule has 2 rings (SSSR count). The molecule has 1 aromatic carbocycles. The van der Waals surface area contributed by atoms with Crippen molar-refractivity contribution in [2.45, 2.75) is 37.5 Å². The molecule has 0 saturated carbocycles. The number of hydrogen-bond acceptors (Lipinski definition) is 4. The zero-order valence-corrected chi connectivity index (χ0v) is 13.4. The maximum atomic E-state index is 12.8. The molecule has 0 amide bonds. The van der Waals surface area contributed by atoms with Crippen LogP contribution in [0.25, 0.3) is 0 Å². The summed E-state index contributed by atoms with van der Waals surface area (Å²) in [7, 11) is -3.91. The van der Waals surface area contributed by atoms with Crippen molar-refractivity contribution in [1.29, 1.82) is 0 Å². The van der Waals surface area contributed by atoms with E-state index in [0.717, 1.165) is 19.3 Å².